The van der Waals surface area contributed by atoms with Crippen molar-refractivity contribution in [2.24, 2.45) is 5.84 Å². The smallest absolute Gasteiger partial charge is 1.00 e. The van der Waals surface area contributed by atoms with E-state index in [1.165, 1.54) is 0 Å². The monoisotopic (exact) mass is 207 g/mol. The van der Waals surface area contributed by atoms with Crippen LogP contribution in [-0.2, 0) is 19.5 Å². The third-order valence-corrected chi connectivity index (χ3v) is 0.940. The normalized spacial score (nSPS) is 6.90. The van der Waals surface area contributed by atoms with Gasteiger partial charge in [-0.25, -0.2) is 0 Å². The van der Waals surface area contributed by atoms with E-state index >= 15 is 0 Å². The first kappa shape index (κ1) is 12.6. The number of anilines is 1. The van der Waals surface area contributed by atoms with Crippen molar-refractivity contribution in [2.75, 3.05) is 5.43 Å². The molecule has 1 rings (SSSR count). The topological polar surface area (TPSA) is 38.0 Å². The predicted octanol–water partition coefficient (Wildman–Crippen LogP) is -2.03. The van der Waals surface area contributed by atoms with E-state index in [9.17, 15) is 0 Å². The van der Waals surface area contributed by atoms with Gasteiger partial charge in [0.25, 0.3) is 0 Å². The number of hydrogen-bond acceptors (Lipinski definition) is 2. The molecule has 0 bridgehead atoms. The number of nitrogen functional groups attached to an aromatic ring is 1. The minimum absolute atomic E-state index is 0. The molecule has 0 atom stereocenters. The Balaban J connectivity index is 0. The second kappa shape index (κ2) is 7.01. The van der Waals surface area contributed by atoms with Crippen LogP contribution in [-0.4, -0.2) is 0 Å². The molecule has 0 saturated carbocycles. The minimum atomic E-state index is 0. The van der Waals surface area contributed by atoms with Gasteiger partial charge in [0, 0.05) is 5.69 Å². The number of benzene rings is 1. The Bertz CT molecular complexity index is 157. The Morgan fingerprint density at radius 1 is 1.10 bits per heavy atom. The third kappa shape index (κ3) is 3.83. The van der Waals surface area contributed by atoms with Crippen LogP contribution in [0.25, 0.3) is 0 Å². The van der Waals surface area contributed by atoms with Gasteiger partial charge in [-0.15, -0.1) is 0 Å². The van der Waals surface area contributed by atoms with Crippen LogP contribution in [0.5, 0.6) is 0 Å². The average Bonchev–Trinajstić information content (AvgIpc) is 1.90. The first-order valence-electron chi connectivity index (χ1n) is 2.45. The maximum atomic E-state index is 5.10. The van der Waals surface area contributed by atoms with Gasteiger partial charge in [-0.1, -0.05) is 18.2 Å². The van der Waals surface area contributed by atoms with Gasteiger partial charge in [-0.05, 0) is 12.1 Å². The Morgan fingerprint density at radius 3 is 1.90 bits per heavy atom. The molecule has 0 aliphatic rings. The second-order valence-corrected chi connectivity index (χ2v) is 1.51. The molecule has 2 nitrogen and oxygen atoms in total. The summed E-state index contributed by atoms with van der Waals surface area (Å²) in [5.41, 5.74) is 3.46. The van der Waals surface area contributed by atoms with Crippen molar-refractivity contribution >= 4 is 5.69 Å². The van der Waals surface area contributed by atoms with Crippen LogP contribution < -0.4 is 23.7 Å². The van der Waals surface area contributed by atoms with E-state index in [1.807, 2.05) is 30.3 Å². The summed E-state index contributed by atoms with van der Waals surface area (Å²) in [5, 5.41) is 0. The molecule has 0 aliphatic carbocycles. The summed E-state index contributed by atoms with van der Waals surface area (Å²) >= 11 is 0. The third-order valence-electron chi connectivity index (χ3n) is 0.940. The fourth-order valence-electron chi connectivity index (χ4n) is 0.534. The molecule has 0 aromatic heterocycles. The predicted molar refractivity (Wildman–Crippen MR) is 34.3 cm³/mol. The summed E-state index contributed by atoms with van der Waals surface area (Å²) in [7, 11) is 0. The summed E-state index contributed by atoms with van der Waals surface area (Å²) in [6, 6.07) is 9.60. The molecule has 1 aromatic rings. The zero-order valence-electron chi connectivity index (χ0n) is 5.55. The number of halogens is 1. The molecule has 10 heavy (non-hydrogen) atoms. The number of rotatable bonds is 1. The maximum Gasteiger partial charge on any atom is 2.00 e. The molecule has 0 amide bonds. The number of nitrogens with two attached hydrogens (primary N) is 1. The standard InChI is InChI=1S/C6H8N2.ClH.Zn/c7-8-6-4-2-1-3-5-6;;/h1-5,8H,7H2;1H;/q;;+2/p-1. The van der Waals surface area contributed by atoms with Crippen molar-refractivity contribution < 1.29 is 31.9 Å². The van der Waals surface area contributed by atoms with Crippen LogP contribution in [0.3, 0.4) is 0 Å². The fraction of sp³-hybridized carbons (Fsp3) is 0. The van der Waals surface area contributed by atoms with E-state index in [-0.39, 0.29) is 31.9 Å². The molecule has 50 valence electrons. The Hall–Kier alpha value is -0.107. The minimum Gasteiger partial charge on any atom is -1.00 e. The molecule has 0 heterocycles. The van der Waals surface area contributed by atoms with Crippen molar-refractivity contribution in [2.45, 2.75) is 0 Å². The van der Waals surface area contributed by atoms with Gasteiger partial charge in [0.15, 0.2) is 0 Å². The van der Waals surface area contributed by atoms with Crippen LogP contribution in [0.2, 0.25) is 0 Å². The SMILES string of the molecule is NNc1ccccc1.[Cl-].[Zn+2]. The van der Waals surface area contributed by atoms with Crippen LogP contribution in [0.15, 0.2) is 30.3 Å². The van der Waals surface area contributed by atoms with Crippen LogP contribution in [0, 0.1) is 0 Å². The number of nitrogens with one attached hydrogen (secondary N) is 1. The van der Waals surface area contributed by atoms with Crippen molar-refractivity contribution in [1.29, 1.82) is 0 Å². The van der Waals surface area contributed by atoms with Crippen LogP contribution >= 0.6 is 0 Å². The number of hydrazine groups is 1. The summed E-state index contributed by atoms with van der Waals surface area (Å²) < 4.78 is 0. The van der Waals surface area contributed by atoms with Gasteiger partial charge in [0.1, 0.15) is 0 Å². The van der Waals surface area contributed by atoms with E-state index in [0.29, 0.717) is 0 Å². The first-order chi connectivity index (χ1) is 3.93. The van der Waals surface area contributed by atoms with Gasteiger partial charge in [-0.3, -0.25) is 5.84 Å². The van der Waals surface area contributed by atoms with E-state index in [0.717, 1.165) is 5.69 Å². The van der Waals surface area contributed by atoms with Gasteiger partial charge < -0.3 is 17.8 Å². The molecule has 0 radical (unpaired) electrons. The first-order valence-corrected chi connectivity index (χ1v) is 2.45. The average molecular weight is 209 g/mol. The van der Waals surface area contributed by atoms with Crippen molar-refractivity contribution in [1.82, 2.24) is 0 Å². The van der Waals surface area contributed by atoms with E-state index in [1.54, 1.807) is 0 Å². The summed E-state index contributed by atoms with van der Waals surface area (Å²) in [4.78, 5) is 0. The molecular formula is C6H8ClN2Zn+. The fourth-order valence-corrected chi connectivity index (χ4v) is 0.534. The Labute approximate surface area is 79.3 Å². The Kier molecular flexibility index (Phi) is 8.80. The second-order valence-electron chi connectivity index (χ2n) is 1.51. The number of para-hydroxylation sites is 1. The zero-order valence-corrected chi connectivity index (χ0v) is 9.27. The number of hydrogen-bond donors (Lipinski definition) is 2. The van der Waals surface area contributed by atoms with E-state index < -0.39 is 0 Å². The van der Waals surface area contributed by atoms with E-state index in [4.69, 9.17) is 5.84 Å². The van der Waals surface area contributed by atoms with Gasteiger partial charge >= 0.3 is 19.5 Å². The van der Waals surface area contributed by atoms with Gasteiger partial charge in [0.2, 0.25) is 0 Å². The van der Waals surface area contributed by atoms with Gasteiger partial charge in [0.05, 0.1) is 0 Å². The summed E-state index contributed by atoms with van der Waals surface area (Å²) in [6.07, 6.45) is 0. The largest absolute Gasteiger partial charge is 2.00 e. The molecule has 0 fully saturated rings. The van der Waals surface area contributed by atoms with Crippen LogP contribution in [0.1, 0.15) is 0 Å². The molecule has 1 aromatic carbocycles. The van der Waals surface area contributed by atoms with Crippen molar-refractivity contribution in [3.8, 4) is 0 Å². The molecule has 0 saturated heterocycles. The molecule has 0 unspecified atom stereocenters. The summed E-state index contributed by atoms with van der Waals surface area (Å²) in [6.45, 7) is 0. The summed E-state index contributed by atoms with van der Waals surface area (Å²) in [5.74, 6) is 5.10. The molecule has 4 heteroatoms. The molecular weight excluding hydrogens is 201 g/mol. The molecule has 0 aliphatic heterocycles. The van der Waals surface area contributed by atoms with Crippen LogP contribution in [0.4, 0.5) is 5.69 Å². The van der Waals surface area contributed by atoms with Crippen molar-refractivity contribution in [3.63, 3.8) is 0 Å². The quantitative estimate of drug-likeness (QED) is 0.318. The molecule has 3 N–H and O–H groups in total. The van der Waals surface area contributed by atoms with E-state index in [2.05, 4.69) is 5.43 Å². The zero-order chi connectivity index (χ0) is 5.82. The molecule has 0 spiro atoms. The van der Waals surface area contributed by atoms with Gasteiger partial charge in [-0.2, -0.15) is 0 Å². The maximum absolute atomic E-state index is 5.10. The Morgan fingerprint density at radius 2 is 1.60 bits per heavy atom. The van der Waals surface area contributed by atoms with Crippen molar-refractivity contribution in [3.05, 3.63) is 30.3 Å².